The number of hydrogen-bond donors (Lipinski definition) is 3. The van der Waals surface area contributed by atoms with Crippen LogP contribution in [0.1, 0.15) is 28.8 Å². The molecule has 1 saturated heterocycles. The van der Waals surface area contributed by atoms with E-state index < -0.39 is 30.6 Å². The van der Waals surface area contributed by atoms with Crippen LogP contribution in [0.25, 0.3) is 11.1 Å². The fourth-order valence-electron chi connectivity index (χ4n) is 4.19. The molecule has 1 aliphatic rings. The monoisotopic (exact) mass is 511 g/mol. The van der Waals surface area contributed by atoms with E-state index in [0.717, 1.165) is 11.1 Å². The van der Waals surface area contributed by atoms with Gasteiger partial charge >= 0.3 is 18.2 Å². The third-order valence-corrected chi connectivity index (χ3v) is 6.04. The standard InChI is InChI=1S/C27H24F3N3O4/c28-27(29,30)16-17-3-11-22(12-4-17)32-26(37)33-15-1-2-23(33)24(34)31-21-13-9-19(10-14-21)18-5-7-20(8-6-18)25(35)36/h3-14,23H,1-2,15-16H2,(H,31,34)(H,32,37)(H,35,36)/t23-/m1/s1. The molecule has 0 aliphatic carbocycles. The van der Waals surface area contributed by atoms with E-state index in [4.69, 9.17) is 5.11 Å². The van der Waals surface area contributed by atoms with Crippen LogP contribution in [0.5, 0.6) is 0 Å². The number of urea groups is 1. The molecule has 3 amide bonds. The summed E-state index contributed by atoms with van der Waals surface area (Å²) < 4.78 is 37.6. The van der Waals surface area contributed by atoms with Crippen molar-refractivity contribution in [1.29, 1.82) is 0 Å². The number of carboxylic acid groups (broad SMARTS) is 1. The summed E-state index contributed by atoms with van der Waals surface area (Å²) in [7, 11) is 0. The first-order valence-electron chi connectivity index (χ1n) is 11.6. The normalized spacial score (nSPS) is 15.3. The molecule has 0 saturated carbocycles. The Morgan fingerprint density at radius 1 is 0.838 bits per heavy atom. The van der Waals surface area contributed by atoms with Crippen LogP contribution in [0.3, 0.4) is 0 Å². The van der Waals surface area contributed by atoms with Crippen LogP contribution in [0, 0.1) is 0 Å². The highest BCUT2D eigenvalue weighted by atomic mass is 19.4. The van der Waals surface area contributed by atoms with E-state index in [2.05, 4.69) is 10.6 Å². The second kappa shape index (κ2) is 10.7. The van der Waals surface area contributed by atoms with Crippen molar-refractivity contribution in [3.05, 3.63) is 83.9 Å². The van der Waals surface area contributed by atoms with Crippen LogP contribution in [-0.4, -0.2) is 46.7 Å². The minimum atomic E-state index is -4.31. The van der Waals surface area contributed by atoms with Gasteiger partial charge in [0.2, 0.25) is 5.91 Å². The molecule has 0 radical (unpaired) electrons. The number of anilines is 2. The molecule has 0 aromatic heterocycles. The lowest BCUT2D eigenvalue weighted by Crippen LogP contribution is -2.45. The molecule has 1 fully saturated rings. The number of halogens is 3. The highest BCUT2D eigenvalue weighted by Crippen LogP contribution is 2.25. The molecule has 10 heteroatoms. The molecular weight excluding hydrogens is 487 g/mol. The van der Waals surface area contributed by atoms with Gasteiger partial charge in [0.05, 0.1) is 12.0 Å². The maximum Gasteiger partial charge on any atom is 0.393 e. The second-order valence-electron chi connectivity index (χ2n) is 8.72. The summed E-state index contributed by atoms with van der Waals surface area (Å²) in [5.41, 5.74) is 2.84. The third-order valence-electron chi connectivity index (χ3n) is 6.04. The van der Waals surface area contributed by atoms with Gasteiger partial charge in [0.1, 0.15) is 6.04 Å². The number of nitrogens with zero attached hydrogens (tertiary/aromatic N) is 1. The highest BCUT2D eigenvalue weighted by molar-refractivity contribution is 5.99. The molecule has 0 bridgehead atoms. The van der Waals surface area contributed by atoms with Gasteiger partial charge < -0.3 is 20.6 Å². The Kier molecular flexibility index (Phi) is 7.47. The summed E-state index contributed by atoms with van der Waals surface area (Å²) >= 11 is 0. The molecule has 3 aromatic carbocycles. The van der Waals surface area contributed by atoms with Gasteiger partial charge in [-0.05, 0) is 65.9 Å². The average Bonchev–Trinajstić information content (AvgIpc) is 3.35. The Bertz CT molecular complexity index is 1270. The van der Waals surface area contributed by atoms with Crippen molar-refractivity contribution < 1.29 is 32.7 Å². The minimum Gasteiger partial charge on any atom is -0.478 e. The van der Waals surface area contributed by atoms with Gasteiger partial charge in [-0.3, -0.25) is 4.79 Å². The topological polar surface area (TPSA) is 98.7 Å². The van der Waals surface area contributed by atoms with Crippen molar-refractivity contribution in [2.75, 3.05) is 17.2 Å². The number of rotatable bonds is 6. The summed E-state index contributed by atoms with van der Waals surface area (Å²) in [4.78, 5) is 38.1. The van der Waals surface area contributed by atoms with Gasteiger partial charge in [0, 0.05) is 17.9 Å². The molecule has 1 atom stereocenters. The number of nitrogens with one attached hydrogen (secondary N) is 2. The molecule has 3 aromatic rings. The first-order valence-corrected chi connectivity index (χ1v) is 11.6. The predicted octanol–water partition coefficient (Wildman–Crippen LogP) is 5.79. The third kappa shape index (κ3) is 6.66. The molecule has 37 heavy (non-hydrogen) atoms. The molecular formula is C27H24F3N3O4. The van der Waals surface area contributed by atoms with Crippen molar-refractivity contribution in [3.63, 3.8) is 0 Å². The number of aromatic carboxylic acids is 1. The molecule has 3 N–H and O–H groups in total. The van der Waals surface area contributed by atoms with Crippen molar-refractivity contribution in [1.82, 2.24) is 4.90 Å². The quantitative estimate of drug-likeness (QED) is 0.390. The lowest BCUT2D eigenvalue weighted by Gasteiger charge is -2.24. The fraction of sp³-hybridized carbons (Fsp3) is 0.222. The van der Waals surface area contributed by atoms with E-state index in [1.807, 2.05) is 0 Å². The first kappa shape index (κ1) is 25.7. The van der Waals surface area contributed by atoms with Crippen molar-refractivity contribution in [3.8, 4) is 11.1 Å². The molecule has 0 spiro atoms. The van der Waals surface area contributed by atoms with Crippen LogP contribution in [-0.2, 0) is 11.2 Å². The van der Waals surface area contributed by atoms with Gasteiger partial charge in [-0.2, -0.15) is 13.2 Å². The Morgan fingerprint density at radius 2 is 1.38 bits per heavy atom. The summed E-state index contributed by atoms with van der Waals surface area (Å²) in [6.45, 7) is 0.376. The van der Waals surface area contributed by atoms with Crippen LogP contribution in [0.15, 0.2) is 72.8 Å². The SMILES string of the molecule is O=C(O)c1ccc(-c2ccc(NC(=O)[C@H]3CCCN3C(=O)Nc3ccc(CC(F)(F)F)cc3)cc2)cc1. The van der Waals surface area contributed by atoms with Crippen LogP contribution in [0.2, 0.25) is 0 Å². The number of hydrogen-bond acceptors (Lipinski definition) is 3. The number of carbonyl (C=O) groups excluding carboxylic acids is 2. The average molecular weight is 512 g/mol. The van der Waals surface area contributed by atoms with Gasteiger partial charge in [-0.1, -0.05) is 36.4 Å². The summed E-state index contributed by atoms with van der Waals surface area (Å²) in [6, 6.07) is 17.7. The summed E-state index contributed by atoms with van der Waals surface area (Å²) in [5.74, 6) is -1.34. The molecule has 192 valence electrons. The zero-order valence-corrected chi connectivity index (χ0v) is 19.6. The molecule has 4 rings (SSSR count). The Morgan fingerprint density at radius 3 is 1.95 bits per heavy atom. The van der Waals surface area contributed by atoms with Crippen molar-refractivity contribution in [2.45, 2.75) is 31.5 Å². The number of alkyl halides is 3. The maximum atomic E-state index is 12.9. The van der Waals surface area contributed by atoms with Gasteiger partial charge in [-0.15, -0.1) is 0 Å². The van der Waals surface area contributed by atoms with E-state index in [9.17, 15) is 27.6 Å². The Labute approximate surface area is 210 Å². The van der Waals surface area contributed by atoms with E-state index in [0.29, 0.717) is 30.8 Å². The minimum absolute atomic E-state index is 0.0900. The Hall–Kier alpha value is -4.34. The number of amides is 3. The van der Waals surface area contributed by atoms with Gasteiger partial charge in [0.15, 0.2) is 0 Å². The molecule has 0 unspecified atom stereocenters. The van der Waals surface area contributed by atoms with Gasteiger partial charge in [0.25, 0.3) is 0 Å². The molecule has 1 heterocycles. The van der Waals surface area contributed by atoms with E-state index in [-0.39, 0.29) is 17.0 Å². The smallest absolute Gasteiger partial charge is 0.393 e. The molecule has 1 aliphatic heterocycles. The predicted molar refractivity (Wildman–Crippen MR) is 132 cm³/mol. The summed E-state index contributed by atoms with van der Waals surface area (Å²) in [6.07, 6.45) is -4.23. The number of carboxylic acids is 1. The largest absolute Gasteiger partial charge is 0.478 e. The number of carbonyl (C=O) groups is 3. The number of benzene rings is 3. The fourth-order valence-corrected chi connectivity index (χ4v) is 4.19. The summed E-state index contributed by atoms with van der Waals surface area (Å²) in [5, 5.41) is 14.5. The van der Waals surface area contributed by atoms with Crippen LogP contribution in [0.4, 0.5) is 29.3 Å². The lowest BCUT2D eigenvalue weighted by molar-refractivity contribution is -0.127. The first-order chi connectivity index (χ1) is 17.6. The Balaban J connectivity index is 1.35. The maximum absolute atomic E-state index is 12.9. The van der Waals surface area contributed by atoms with E-state index >= 15 is 0 Å². The zero-order chi connectivity index (χ0) is 26.6. The lowest BCUT2D eigenvalue weighted by atomic mass is 10.0. The van der Waals surface area contributed by atoms with E-state index in [1.54, 1.807) is 36.4 Å². The van der Waals surface area contributed by atoms with E-state index in [1.165, 1.54) is 41.3 Å². The van der Waals surface area contributed by atoms with Crippen LogP contribution < -0.4 is 10.6 Å². The second-order valence-corrected chi connectivity index (χ2v) is 8.72. The zero-order valence-electron chi connectivity index (χ0n) is 19.6. The number of likely N-dealkylation sites (tertiary alicyclic amines) is 1. The van der Waals surface area contributed by atoms with Crippen molar-refractivity contribution in [2.24, 2.45) is 0 Å². The van der Waals surface area contributed by atoms with Gasteiger partial charge in [-0.25, -0.2) is 9.59 Å². The van der Waals surface area contributed by atoms with Crippen LogP contribution >= 0.6 is 0 Å². The van der Waals surface area contributed by atoms with Crippen molar-refractivity contribution >= 4 is 29.3 Å². The molecule has 7 nitrogen and oxygen atoms in total. The highest BCUT2D eigenvalue weighted by Gasteiger charge is 2.34.